The highest BCUT2D eigenvalue weighted by Crippen LogP contribution is 2.38. The summed E-state index contributed by atoms with van der Waals surface area (Å²) in [5.74, 6) is 0.162. The number of piperazine rings is 1. The Balaban J connectivity index is 1.59. The quantitative estimate of drug-likeness (QED) is 0.493. The predicted octanol–water partition coefficient (Wildman–Crippen LogP) is 4.04. The van der Waals surface area contributed by atoms with E-state index < -0.39 is 0 Å². The molecule has 1 aromatic carbocycles. The third-order valence-corrected chi connectivity index (χ3v) is 6.23. The highest BCUT2D eigenvalue weighted by atomic mass is 35.5. The molecule has 31 heavy (non-hydrogen) atoms. The maximum Gasteiger partial charge on any atom is 0.161 e. The van der Waals surface area contributed by atoms with Crippen molar-refractivity contribution in [2.75, 3.05) is 18.0 Å². The summed E-state index contributed by atoms with van der Waals surface area (Å²) < 4.78 is 1.74. The zero-order chi connectivity index (χ0) is 21.9. The van der Waals surface area contributed by atoms with Crippen LogP contribution in [0.3, 0.4) is 0 Å². The number of hydrogen-bond donors (Lipinski definition) is 2. The molecule has 0 saturated carbocycles. The van der Waals surface area contributed by atoms with E-state index in [-0.39, 0.29) is 5.75 Å². The smallest absolute Gasteiger partial charge is 0.161 e. The molecule has 0 bridgehead atoms. The number of phenols is 1. The fourth-order valence-corrected chi connectivity index (χ4v) is 4.78. The second-order valence-electron chi connectivity index (χ2n) is 8.57. The molecule has 0 unspecified atom stereocenters. The van der Waals surface area contributed by atoms with E-state index in [4.69, 9.17) is 16.6 Å². The van der Waals surface area contributed by atoms with Gasteiger partial charge in [0.15, 0.2) is 5.65 Å². The lowest BCUT2D eigenvalue weighted by molar-refractivity contribution is 0.407. The number of halogens is 1. The van der Waals surface area contributed by atoms with E-state index in [1.807, 2.05) is 32.4 Å². The van der Waals surface area contributed by atoms with Gasteiger partial charge >= 0.3 is 0 Å². The third kappa shape index (κ3) is 3.47. The molecular weight excluding hydrogens is 412 g/mol. The molecule has 4 aromatic rings. The van der Waals surface area contributed by atoms with E-state index in [2.05, 4.69) is 40.2 Å². The van der Waals surface area contributed by atoms with Crippen molar-refractivity contribution < 1.29 is 5.11 Å². The molecular formula is C23H25ClN6O. The number of pyridine rings is 2. The van der Waals surface area contributed by atoms with Crippen LogP contribution in [0, 0.1) is 6.92 Å². The van der Waals surface area contributed by atoms with Crippen molar-refractivity contribution in [1.82, 2.24) is 25.1 Å². The van der Waals surface area contributed by atoms with Crippen LogP contribution in [0.4, 0.5) is 5.69 Å². The van der Waals surface area contributed by atoms with Gasteiger partial charge in [-0.15, -0.1) is 0 Å². The first-order valence-corrected chi connectivity index (χ1v) is 10.8. The summed E-state index contributed by atoms with van der Waals surface area (Å²) in [6, 6.07) is 6.57. The minimum absolute atomic E-state index is 0.162. The van der Waals surface area contributed by atoms with E-state index in [0.29, 0.717) is 34.0 Å². The fraction of sp³-hybridized carbons (Fsp3) is 0.348. The molecule has 0 amide bonds. The van der Waals surface area contributed by atoms with Crippen molar-refractivity contribution in [1.29, 1.82) is 0 Å². The Hall–Kier alpha value is -2.90. The topological polar surface area (TPSA) is 79.1 Å². The number of nitrogens with zero attached hydrogens (tertiary/aromatic N) is 5. The summed E-state index contributed by atoms with van der Waals surface area (Å²) in [5.41, 5.74) is 4.31. The highest BCUT2D eigenvalue weighted by Gasteiger charge is 2.22. The van der Waals surface area contributed by atoms with Crippen LogP contribution in [0.15, 0.2) is 30.6 Å². The molecule has 1 aliphatic heterocycles. The summed E-state index contributed by atoms with van der Waals surface area (Å²) in [6.45, 7) is 8.06. The molecule has 4 heterocycles. The lowest BCUT2D eigenvalue weighted by Crippen LogP contribution is -2.54. The second-order valence-corrected chi connectivity index (χ2v) is 8.97. The van der Waals surface area contributed by atoms with E-state index in [0.717, 1.165) is 40.6 Å². The van der Waals surface area contributed by atoms with Crippen LogP contribution in [0.1, 0.15) is 19.4 Å². The van der Waals surface area contributed by atoms with Crippen molar-refractivity contribution in [2.24, 2.45) is 7.05 Å². The summed E-state index contributed by atoms with van der Waals surface area (Å²) >= 11 is 6.69. The molecule has 2 N–H and O–H groups in total. The fourth-order valence-electron chi connectivity index (χ4n) is 4.54. The van der Waals surface area contributed by atoms with Crippen LogP contribution in [-0.4, -0.2) is 50.0 Å². The number of benzene rings is 1. The Morgan fingerprint density at radius 1 is 1.16 bits per heavy atom. The number of rotatable bonds is 2. The first-order valence-electron chi connectivity index (χ1n) is 10.4. The maximum atomic E-state index is 10.8. The lowest BCUT2D eigenvalue weighted by atomic mass is 10.0. The molecule has 2 atom stereocenters. The minimum atomic E-state index is 0.162. The predicted molar refractivity (Wildman–Crippen MR) is 125 cm³/mol. The molecule has 160 valence electrons. The lowest BCUT2D eigenvalue weighted by Gasteiger charge is -2.37. The number of hydrogen-bond acceptors (Lipinski definition) is 6. The van der Waals surface area contributed by atoms with Crippen molar-refractivity contribution in [3.05, 3.63) is 41.2 Å². The van der Waals surface area contributed by atoms with Crippen molar-refractivity contribution in [3.63, 3.8) is 0 Å². The monoisotopic (exact) mass is 436 g/mol. The average molecular weight is 437 g/mol. The molecule has 5 rings (SSSR count). The van der Waals surface area contributed by atoms with Gasteiger partial charge in [-0.1, -0.05) is 11.6 Å². The number of aromatic nitrogens is 4. The molecule has 0 radical (unpaired) electrons. The maximum absolute atomic E-state index is 10.8. The minimum Gasteiger partial charge on any atom is -0.507 e. The zero-order valence-electron chi connectivity index (χ0n) is 18.0. The number of anilines is 1. The van der Waals surface area contributed by atoms with Crippen molar-refractivity contribution in [3.8, 4) is 17.0 Å². The SMILES string of the molecule is Cc1c(O)c(-c2cc(Cl)c3cc(N4C[C@H](C)N[C@@H](C)C4)cnc3n2)cc2cn(C)nc12. The van der Waals surface area contributed by atoms with E-state index in [9.17, 15) is 5.11 Å². The molecule has 8 heteroatoms. The number of nitrogens with one attached hydrogen (secondary N) is 1. The van der Waals surface area contributed by atoms with Gasteiger partial charge in [-0.25, -0.2) is 9.97 Å². The Morgan fingerprint density at radius 2 is 1.90 bits per heavy atom. The van der Waals surface area contributed by atoms with Crippen molar-refractivity contribution >= 4 is 39.2 Å². The van der Waals surface area contributed by atoms with E-state index in [1.165, 1.54) is 0 Å². The number of phenolic OH excluding ortho intramolecular Hbond substituents is 1. The van der Waals surface area contributed by atoms with Crippen LogP contribution in [0.2, 0.25) is 5.02 Å². The largest absolute Gasteiger partial charge is 0.507 e. The summed E-state index contributed by atoms with van der Waals surface area (Å²) in [6.07, 6.45) is 3.78. The standard InChI is InChI=1S/C23H25ClN6O/c1-12-9-30(10-13(2)26-12)16-6-17-19(24)7-20(27-23(17)25-8-16)18-5-15-11-29(4)28-21(15)14(3)22(18)31/h5-8,11-13,26,31H,9-10H2,1-4H3/t12-,13-/m0/s1. The van der Waals surface area contributed by atoms with Crippen LogP contribution >= 0.6 is 11.6 Å². The van der Waals surface area contributed by atoms with Crippen LogP contribution in [0.5, 0.6) is 5.75 Å². The number of aryl methyl sites for hydroxylation is 2. The second kappa shape index (κ2) is 7.35. The van der Waals surface area contributed by atoms with Gasteiger partial charge in [0.2, 0.25) is 0 Å². The van der Waals surface area contributed by atoms with Crippen LogP contribution < -0.4 is 10.2 Å². The third-order valence-electron chi connectivity index (χ3n) is 5.92. The molecule has 0 spiro atoms. The number of fused-ring (bicyclic) bond motifs is 2. The van der Waals surface area contributed by atoms with Gasteiger partial charge in [0.05, 0.1) is 28.1 Å². The average Bonchev–Trinajstić information content (AvgIpc) is 3.10. The summed E-state index contributed by atoms with van der Waals surface area (Å²) in [4.78, 5) is 11.7. The molecule has 7 nitrogen and oxygen atoms in total. The molecule has 0 aliphatic carbocycles. The highest BCUT2D eigenvalue weighted by molar-refractivity contribution is 6.35. The summed E-state index contributed by atoms with van der Waals surface area (Å²) in [7, 11) is 1.86. The van der Waals surface area contributed by atoms with Crippen LogP contribution in [0.25, 0.3) is 33.2 Å². The van der Waals surface area contributed by atoms with Crippen LogP contribution in [-0.2, 0) is 7.05 Å². The molecule has 1 fully saturated rings. The zero-order valence-corrected chi connectivity index (χ0v) is 18.8. The van der Waals surface area contributed by atoms with E-state index in [1.54, 1.807) is 10.7 Å². The Bertz CT molecular complexity index is 1310. The van der Waals surface area contributed by atoms with Gasteiger partial charge < -0.3 is 15.3 Å². The molecule has 3 aromatic heterocycles. The Kier molecular flexibility index (Phi) is 4.75. The Morgan fingerprint density at radius 3 is 2.65 bits per heavy atom. The van der Waals surface area contributed by atoms with Gasteiger partial charge in [0, 0.05) is 60.3 Å². The van der Waals surface area contributed by atoms with Gasteiger partial charge in [-0.05, 0) is 39.0 Å². The van der Waals surface area contributed by atoms with E-state index >= 15 is 0 Å². The summed E-state index contributed by atoms with van der Waals surface area (Å²) in [5, 5.41) is 21.1. The first kappa shape index (κ1) is 20.0. The Labute approximate surface area is 185 Å². The van der Waals surface area contributed by atoms with Gasteiger partial charge in [-0.2, -0.15) is 5.10 Å². The van der Waals surface area contributed by atoms with Gasteiger partial charge in [0.25, 0.3) is 0 Å². The van der Waals surface area contributed by atoms with Crippen molar-refractivity contribution in [2.45, 2.75) is 32.9 Å². The molecule has 1 saturated heterocycles. The number of aromatic hydroxyl groups is 1. The normalized spacial score (nSPS) is 19.5. The van der Waals surface area contributed by atoms with Gasteiger partial charge in [0.1, 0.15) is 5.75 Å². The molecule has 1 aliphatic rings. The first-order chi connectivity index (χ1) is 14.8. The van der Waals surface area contributed by atoms with Gasteiger partial charge in [-0.3, -0.25) is 4.68 Å².